The lowest BCUT2D eigenvalue weighted by molar-refractivity contribution is 0.166. The fraction of sp³-hybridized carbons (Fsp3) is 0.600. The first-order valence-corrected chi connectivity index (χ1v) is 5.97. The van der Waals surface area contributed by atoms with E-state index in [0.29, 0.717) is 11.8 Å². The lowest BCUT2D eigenvalue weighted by atomic mass is 9.61. The Balaban J connectivity index is 2.85. The highest BCUT2D eigenvalue weighted by Crippen LogP contribution is 2.48. The minimum Gasteiger partial charge on any atom is -0.246 e. The second-order valence-electron chi connectivity index (χ2n) is 5.37. The van der Waals surface area contributed by atoms with Crippen LogP contribution in [0.25, 0.3) is 0 Å². The molecule has 0 radical (unpaired) electrons. The zero-order chi connectivity index (χ0) is 12.3. The predicted molar refractivity (Wildman–Crippen MR) is 69.1 cm³/mol. The van der Waals surface area contributed by atoms with Gasteiger partial charge in [0, 0.05) is 0 Å². The number of halogens is 1. The molecule has 0 aromatic rings. The van der Waals surface area contributed by atoms with Crippen molar-refractivity contribution < 1.29 is 4.39 Å². The summed E-state index contributed by atoms with van der Waals surface area (Å²) < 4.78 is 12.6. The number of hydrogen-bond donors (Lipinski definition) is 0. The quantitative estimate of drug-likeness (QED) is 0.605. The normalized spacial score (nSPS) is 34.4. The molecule has 1 rings (SSSR count). The second kappa shape index (κ2) is 4.99. The van der Waals surface area contributed by atoms with E-state index in [1.807, 2.05) is 6.08 Å². The van der Waals surface area contributed by atoms with Gasteiger partial charge in [-0.25, -0.2) is 4.39 Å². The largest absolute Gasteiger partial charge is 0.246 e. The third-order valence-electron chi connectivity index (χ3n) is 4.16. The van der Waals surface area contributed by atoms with E-state index in [1.165, 1.54) is 5.57 Å². The Labute approximate surface area is 98.9 Å². The van der Waals surface area contributed by atoms with Gasteiger partial charge in [-0.15, -0.1) is 6.58 Å². The maximum absolute atomic E-state index is 12.6. The number of hydrogen-bond acceptors (Lipinski definition) is 0. The highest BCUT2D eigenvalue weighted by atomic mass is 19.1. The van der Waals surface area contributed by atoms with Gasteiger partial charge in [-0.2, -0.15) is 0 Å². The van der Waals surface area contributed by atoms with Crippen molar-refractivity contribution in [3.63, 3.8) is 0 Å². The molecule has 0 aromatic heterocycles. The summed E-state index contributed by atoms with van der Waals surface area (Å²) in [7, 11) is 0. The molecule has 0 saturated heterocycles. The molecule has 3 unspecified atom stereocenters. The molecule has 0 N–H and O–H groups in total. The van der Waals surface area contributed by atoms with E-state index in [1.54, 1.807) is 0 Å². The topological polar surface area (TPSA) is 0 Å². The first kappa shape index (κ1) is 13.2. The van der Waals surface area contributed by atoms with Crippen molar-refractivity contribution in [1.29, 1.82) is 0 Å². The molecule has 90 valence electrons. The van der Waals surface area contributed by atoms with E-state index in [0.717, 1.165) is 24.8 Å². The first-order valence-electron chi connectivity index (χ1n) is 5.97. The number of allylic oxidation sites excluding steroid dienone is 3. The summed E-state index contributed by atoms with van der Waals surface area (Å²) in [6, 6.07) is 0. The van der Waals surface area contributed by atoms with Crippen molar-refractivity contribution in [3.05, 3.63) is 37.0 Å². The van der Waals surface area contributed by atoms with Crippen molar-refractivity contribution in [3.8, 4) is 0 Å². The highest BCUT2D eigenvalue weighted by Gasteiger charge is 2.38. The summed E-state index contributed by atoms with van der Waals surface area (Å²) in [6.45, 7) is 15.7. The Hall–Kier alpha value is -0.850. The molecule has 0 aromatic carbocycles. The lowest BCUT2D eigenvalue weighted by Crippen LogP contribution is -2.34. The van der Waals surface area contributed by atoms with Crippen LogP contribution in [0.1, 0.15) is 33.1 Å². The third-order valence-corrected chi connectivity index (χ3v) is 4.16. The second-order valence-corrected chi connectivity index (χ2v) is 5.37. The predicted octanol–water partition coefficient (Wildman–Crippen LogP) is 4.70. The molecule has 16 heavy (non-hydrogen) atoms. The molecule has 1 aliphatic carbocycles. The van der Waals surface area contributed by atoms with Crippen molar-refractivity contribution in [2.45, 2.75) is 33.1 Å². The van der Waals surface area contributed by atoms with Crippen molar-refractivity contribution in [2.75, 3.05) is 6.67 Å². The minimum atomic E-state index is -0.390. The third kappa shape index (κ3) is 2.45. The van der Waals surface area contributed by atoms with Crippen LogP contribution in [0, 0.1) is 17.3 Å². The van der Waals surface area contributed by atoms with Crippen LogP contribution in [0.2, 0.25) is 0 Å². The summed E-state index contributed by atoms with van der Waals surface area (Å²) in [5.74, 6) is 0.728. The van der Waals surface area contributed by atoms with Gasteiger partial charge in [0.25, 0.3) is 0 Å². The van der Waals surface area contributed by atoms with Gasteiger partial charge in [0.1, 0.15) is 6.67 Å². The van der Waals surface area contributed by atoms with Gasteiger partial charge < -0.3 is 0 Å². The van der Waals surface area contributed by atoms with Gasteiger partial charge in [0.2, 0.25) is 0 Å². The van der Waals surface area contributed by atoms with E-state index in [2.05, 4.69) is 33.6 Å². The van der Waals surface area contributed by atoms with Crippen molar-refractivity contribution in [1.82, 2.24) is 0 Å². The van der Waals surface area contributed by atoms with Crippen LogP contribution >= 0.6 is 0 Å². The fourth-order valence-corrected chi connectivity index (χ4v) is 2.82. The highest BCUT2D eigenvalue weighted by molar-refractivity contribution is 5.15. The van der Waals surface area contributed by atoms with Crippen LogP contribution in [0.4, 0.5) is 4.39 Å². The van der Waals surface area contributed by atoms with Gasteiger partial charge in [0.15, 0.2) is 0 Å². The Kier molecular flexibility index (Phi) is 4.12. The van der Waals surface area contributed by atoms with E-state index in [-0.39, 0.29) is 5.41 Å². The minimum absolute atomic E-state index is 0.124. The summed E-state index contributed by atoms with van der Waals surface area (Å²) in [5, 5.41) is 0. The maximum atomic E-state index is 12.6. The zero-order valence-electron chi connectivity index (χ0n) is 10.6. The van der Waals surface area contributed by atoms with Crippen LogP contribution < -0.4 is 0 Å². The SMILES string of the molecule is C=CC1(C)CCC(C(=C)CF)CC1C(=C)C. The van der Waals surface area contributed by atoms with E-state index < -0.39 is 6.67 Å². The zero-order valence-corrected chi connectivity index (χ0v) is 10.6. The molecule has 3 atom stereocenters. The molecule has 0 bridgehead atoms. The van der Waals surface area contributed by atoms with E-state index in [4.69, 9.17) is 0 Å². The monoisotopic (exact) mass is 222 g/mol. The molecule has 1 fully saturated rings. The average Bonchev–Trinajstić information content (AvgIpc) is 2.28. The van der Waals surface area contributed by atoms with Crippen LogP contribution in [-0.2, 0) is 0 Å². The first-order chi connectivity index (χ1) is 7.44. The molecule has 0 amide bonds. The molecule has 0 nitrogen and oxygen atoms in total. The number of alkyl halides is 1. The Bertz CT molecular complexity index is 303. The van der Waals surface area contributed by atoms with Gasteiger partial charge in [0.05, 0.1) is 0 Å². The van der Waals surface area contributed by atoms with Crippen LogP contribution in [-0.4, -0.2) is 6.67 Å². The maximum Gasteiger partial charge on any atom is 0.111 e. The van der Waals surface area contributed by atoms with Crippen LogP contribution in [0.5, 0.6) is 0 Å². The molecule has 1 heteroatoms. The molecule has 0 heterocycles. The van der Waals surface area contributed by atoms with Gasteiger partial charge in [-0.3, -0.25) is 0 Å². The smallest absolute Gasteiger partial charge is 0.111 e. The van der Waals surface area contributed by atoms with E-state index >= 15 is 0 Å². The molecule has 0 aliphatic heterocycles. The standard InChI is InChI=1S/C15H23F/c1-6-15(5)8-7-13(12(4)10-16)9-14(15)11(2)3/h6,13-14H,1-2,4,7-10H2,3,5H3. The van der Waals surface area contributed by atoms with Gasteiger partial charge in [-0.1, -0.05) is 31.7 Å². The fourth-order valence-electron chi connectivity index (χ4n) is 2.82. The Morgan fingerprint density at radius 3 is 2.56 bits per heavy atom. The van der Waals surface area contributed by atoms with Crippen molar-refractivity contribution >= 4 is 0 Å². The van der Waals surface area contributed by atoms with Crippen molar-refractivity contribution in [2.24, 2.45) is 17.3 Å². The summed E-state index contributed by atoms with van der Waals surface area (Å²) in [5.41, 5.74) is 2.05. The Morgan fingerprint density at radius 1 is 1.50 bits per heavy atom. The molecule has 1 aliphatic rings. The summed E-state index contributed by atoms with van der Waals surface area (Å²) in [4.78, 5) is 0. The molecular weight excluding hydrogens is 199 g/mol. The molecule has 0 spiro atoms. The van der Waals surface area contributed by atoms with Crippen LogP contribution in [0.3, 0.4) is 0 Å². The summed E-state index contributed by atoms with van der Waals surface area (Å²) in [6.07, 6.45) is 5.09. The van der Waals surface area contributed by atoms with E-state index in [9.17, 15) is 4.39 Å². The average molecular weight is 222 g/mol. The Morgan fingerprint density at radius 2 is 2.12 bits per heavy atom. The lowest BCUT2D eigenvalue weighted by Gasteiger charge is -2.43. The summed E-state index contributed by atoms with van der Waals surface area (Å²) >= 11 is 0. The molecular formula is C15H23F. The van der Waals surface area contributed by atoms with Crippen LogP contribution in [0.15, 0.2) is 37.0 Å². The van der Waals surface area contributed by atoms with Gasteiger partial charge >= 0.3 is 0 Å². The van der Waals surface area contributed by atoms with Gasteiger partial charge in [-0.05, 0) is 49.0 Å². The molecule has 1 saturated carbocycles. The number of rotatable bonds is 4.